The molecule has 1 N–H and O–H groups in total. The Morgan fingerprint density at radius 1 is 1.53 bits per heavy atom. The predicted octanol–water partition coefficient (Wildman–Crippen LogP) is 2.38. The lowest BCUT2D eigenvalue weighted by atomic mass is 10.3. The van der Waals surface area contributed by atoms with Crippen LogP contribution in [0.2, 0.25) is 0 Å². The number of halogens is 1. The van der Waals surface area contributed by atoms with E-state index in [4.69, 9.17) is 0 Å². The second-order valence-electron chi connectivity index (χ2n) is 3.48. The van der Waals surface area contributed by atoms with Crippen molar-refractivity contribution in [3.63, 3.8) is 0 Å². The third-order valence-electron chi connectivity index (χ3n) is 2.09. The summed E-state index contributed by atoms with van der Waals surface area (Å²) in [6.07, 6.45) is 2.49. The molecule has 0 saturated heterocycles. The third-order valence-corrected chi connectivity index (χ3v) is 3.84. The van der Waals surface area contributed by atoms with Gasteiger partial charge in [-0.05, 0) is 35.1 Å². The molecular weight excluding hydrogens is 355 g/mol. The first kappa shape index (κ1) is 14.4. The molecule has 1 rings (SSSR count). The van der Waals surface area contributed by atoms with Gasteiger partial charge in [-0.25, -0.2) is 0 Å². The van der Waals surface area contributed by atoms with Crippen LogP contribution in [0.4, 0.5) is 11.4 Å². The van der Waals surface area contributed by atoms with Crippen molar-refractivity contribution in [2.45, 2.75) is 6.42 Å². The first-order chi connectivity index (χ1) is 8.00. The van der Waals surface area contributed by atoms with E-state index < -0.39 is 15.7 Å². The Morgan fingerprint density at radius 3 is 2.76 bits per heavy atom. The van der Waals surface area contributed by atoms with Crippen LogP contribution < -0.4 is 5.32 Å². The molecule has 0 saturated carbocycles. The van der Waals surface area contributed by atoms with Gasteiger partial charge in [0.05, 0.1) is 4.92 Å². The highest BCUT2D eigenvalue weighted by molar-refractivity contribution is 14.1. The molecule has 0 aliphatic carbocycles. The van der Waals surface area contributed by atoms with E-state index in [0.29, 0.717) is 12.3 Å². The lowest BCUT2D eigenvalue weighted by molar-refractivity contribution is -0.384. The number of hydrogen-bond donors (Lipinski definition) is 1. The van der Waals surface area contributed by atoms with Crippen LogP contribution in [0.25, 0.3) is 0 Å². The quantitative estimate of drug-likeness (QED) is 0.362. The smallest absolute Gasteiger partial charge is 0.270 e. The van der Waals surface area contributed by atoms with Crippen LogP contribution in [0.3, 0.4) is 0 Å². The highest BCUT2D eigenvalue weighted by atomic mass is 127. The van der Waals surface area contributed by atoms with Crippen LogP contribution in [0, 0.1) is 13.7 Å². The molecule has 0 fully saturated rings. The largest absolute Gasteiger partial charge is 0.384 e. The Labute approximate surface area is 116 Å². The van der Waals surface area contributed by atoms with Crippen LogP contribution in [0.15, 0.2) is 18.2 Å². The van der Waals surface area contributed by atoms with Gasteiger partial charge in [0.1, 0.15) is 0 Å². The van der Waals surface area contributed by atoms with Crippen molar-refractivity contribution in [2.75, 3.05) is 23.9 Å². The maximum atomic E-state index is 10.8. The van der Waals surface area contributed by atoms with Crippen molar-refractivity contribution in [2.24, 2.45) is 0 Å². The second kappa shape index (κ2) is 6.90. The zero-order valence-electron chi connectivity index (χ0n) is 9.31. The maximum Gasteiger partial charge on any atom is 0.270 e. The van der Waals surface area contributed by atoms with E-state index in [1.807, 2.05) is 0 Å². The van der Waals surface area contributed by atoms with Gasteiger partial charge < -0.3 is 5.32 Å². The minimum atomic E-state index is -0.770. The average Bonchev–Trinajstić information content (AvgIpc) is 2.25. The number of nitrogens with zero attached hydrogens (tertiary/aromatic N) is 1. The van der Waals surface area contributed by atoms with Gasteiger partial charge >= 0.3 is 0 Å². The fourth-order valence-corrected chi connectivity index (χ4v) is 2.50. The zero-order chi connectivity index (χ0) is 12.8. The molecule has 1 unspecified atom stereocenters. The molecule has 0 aliphatic rings. The molecule has 1 atom stereocenters. The molecule has 0 aliphatic heterocycles. The number of nitro benzene ring substituents is 1. The van der Waals surface area contributed by atoms with E-state index in [0.717, 1.165) is 15.7 Å². The summed E-state index contributed by atoms with van der Waals surface area (Å²) in [5.41, 5.74) is 0.965. The lowest BCUT2D eigenvalue weighted by Crippen LogP contribution is -2.07. The molecule has 0 radical (unpaired) electrons. The predicted molar refractivity (Wildman–Crippen MR) is 77.9 cm³/mol. The van der Waals surface area contributed by atoms with Crippen molar-refractivity contribution >= 4 is 44.8 Å². The lowest BCUT2D eigenvalue weighted by Gasteiger charge is -2.07. The summed E-state index contributed by atoms with van der Waals surface area (Å²) in [4.78, 5) is 10.1. The van der Waals surface area contributed by atoms with Gasteiger partial charge in [0, 0.05) is 50.7 Å². The van der Waals surface area contributed by atoms with Gasteiger partial charge in [-0.3, -0.25) is 14.3 Å². The molecule has 1 aromatic carbocycles. The van der Waals surface area contributed by atoms with Crippen molar-refractivity contribution in [3.8, 4) is 0 Å². The van der Waals surface area contributed by atoms with Crippen molar-refractivity contribution in [3.05, 3.63) is 31.9 Å². The number of anilines is 1. The fraction of sp³-hybridized carbons (Fsp3) is 0.400. The Bertz CT molecular complexity index is 440. The Morgan fingerprint density at radius 2 is 2.24 bits per heavy atom. The summed E-state index contributed by atoms with van der Waals surface area (Å²) in [5.74, 6) is 0.663. The highest BCUT2D eigenvalue weighted by Gasteiger charge is 2.08. The molecule has 5 nitrogen and oxygen atoms in total. The Balaban J connectivity index is 2.54. The average molecular weight is 368 g/mol. The van der Waals surface area contributed by atoms with Crippen molar-refractivity contribution in [1.82, 2.24) is 0 Å². The topological polar surface area (TPSA) is 72.2 Å². The third kappa shape index (κ3) is 4.99. The zero-order valence-corrected chi connectivity index (χ0v) is 12.3. The fourth-order valence-electron chi connectivity index (χ4n) is 1.26. The summed E-state index contributed by atoms with van der Waals surface area (Å²) >= 11 is 2.06. The van der Waals surface area contributed by atoms with Crippen LogP contribution >= 0.6 is 22.6 Å². The summed E-state index contributed by atoms with van der Waals surface area (Å²) in [6.45, 7) is 0.716. The molecular formula is C10H13IN2O3S. The molecule has 0 bridgehead atoms. The normalized spacial score (nSPS) is 12.1. The number of nitro groups is 1. The van der Waals surface area contributed by atoms with Gasteiger partial charge in [-0.2, -0.15) is 0 Å². The Hall–Kier alpha value is -0.700. The number of rotatable bonds is 6. The van der Waals surface area contributed by atoms with Gasteiger partial charge in [0.2, 0.25) is 0 Å². The van der Waals surface area contributed by atoms with E-state index in [1.54, 1.807) is 12.3 Å². The molecule has 7 heteroatoms. The standard InChI is InChI=1S/C10H13IN2O3S/c1-17(16)6-2-5-12-10-4-3-8(13(14)15)7-9(10)11/h3-4,7,12H,2,5-6H2,1H3. The number of hydrogen-bond acceptors (Lipinski definition) is 4. The molecule has 1 aromatic rings. The molecule has 0 aromatic heterocycles. The molecule has 0 amide bonds. The molecule has 0 spiro atoms. The maximum absolute atomic E-state index is 10.8. The van der Waals surface area contributed by atoms with E-state index in [9.17, 15) is 14.3 Å². The minimum Gasteiger partial charge on any atom is -0.384 e. The van der Waals surface area contributed by atoms with Gasteiger partial charge in [0.15, 0.2) is 0 Å². The van der Waals surface area contributed by atoms with Crippen LogP contribution in [0.5, 0.6) is 0 Å². The SMILES string of the molecule is CS(=O)CCCNc1ccc([N+](=O)[O-])cc1I. The molecule has 17 heavy (non-hydrogen) atoms. The van der Waals surface area contributed by atoms with Crippen LogP contribution in [-0.2, 0) is 10.8 Å². The summed E-state index contributed by atoms with van der Waals surface area (Å²) in [6, 6.07) is 4.70. The second-order valence-corrected chi connectivity index (χ2v) is 6.20. The van der Waals surface area contributed by atoms with Crippen molar-refractivity contribution in [1.29, 1.82) is 0 Å². The number of benzene rings is 1. The minimum absolute atomic E-state index is 0.0922. The van der Waals surface area contributed by atoms with Gasteiger partial charge in [-0.15, -0.1) is 0 Å². The summed E-state index contributed by atoms with van der Waals surface area (Å²) in [7, 11) is -0.770. The molecule has 0 heterocycles. The Kier molecular flexibility index (Phi) is 5.83. The summed E-state index contributed by atoms with van der Waals surface area (Å²) in [5, 5.41) is 13.7. The first-order valence-electron chi connectivity index (χ1n) is 4.98. The monoisotopic (exact) mass is 368 g/mol. The van der Waals surface area contributed by atoms with Crippen LogP contribution in [0.1, 0.15) is 6.42 Å². The highest BCUT2D eigenvalue weighted by Crippen LogP contribution is 2.23. The first-order valence-corrected chi connectivity index (χ1v) is 7.79. The van der Waals surface area contributed by atoms with E-state index >= 15 is 0 Å². The molecule has 94 valence electrons. The number of non-ortho nitro benzene ring substituents is 1. The summed E-state index contributed by atoms with van der Waals surface area (Å²) < 4.78 is 11.7. The van der Waals surface area contributed by atoms with Gasteiger partial charge in [-0.1, -0.05) is 0 Å². The van der Waals surface area contributed by atoms with E-state index in [-0.39, 0.29) is 5.69 Å². The van der Waals surface area contributed by atoms with Crippen molar-refractivity contribution < 1.29 is 9.13 Å². The van der Waals surface area contributed by atoms with E-state index in [2.05, 4.69) is 27.9 Å². The van der Waals surface area contributed by atoms with Crippen LogP contribution in [-0.4, -0.2) is 27.7 Å². The van der Waals surface area contributed by atoms with Gasteiger partial charge in [0.25, 0.3) is 5.69 Å². The number of nitrogens with one attached hydrogen (secondary N) is 1. The van der Waals surface area contributed by atoms with E-state index in [1.165, 1.54) is 12.1 Å².